The summed E-state index contributed by atoms with van der Waals surface area (Å²) in [5.74, 6) is -2.12. The number of nitrogens with zero attached hydrogens (tertiary/aromatic N) is 2. The first-order valence-electron chi connectivity index (χ1n) is 8.39. The van der Waals surface area contributed by atoms with Gasteiger partial charge >= 0.3 is 0 Å². The number of sulfonamides is 1. The lowest BCUT2D eigenvalue weighted by Gasteiger charge is -2.34. The predicted molar refractivity (Wildman–Crippen MR) is 98.6 cm³/mol. The van der Waals surface area contributed by atoms with Gasteiger partial charge in [-0.15, -0.1) is 0 Å². The van der Waals surface area contributed by atoms with Crippen LogP contribution in [0.1, 0.15) is 0 Å². The number of benzene rings is 2. The van der Waals surface area contributed by atoms with Gasteiger partial charge < -0.3 is 9.64 Å². The summed E-state index contributed by atoms with van der Waals surface area (Å²) >= 11 is 5.78. The van der Waals surface area contributed by atoms with Crippen LogP contribution in [-0.2, 0) is 14.8 Å². The number of carbonyl (C=O) groups excluding carboxylic acids is 1. The van der Waals surface area contributed by atoms with E-state index in [1.807, 2.05) is 0 Å². The number of hydrogen-bond donors (Lipinski definition) is 0. The number of amides is 1. The van der Waals surface area contributed by atoms with Crippen molar-refractivity contribution in [3.05, 3.63) is 59.1 Å². The molecule has 0 N–H and O–H groups in total. The lowest BCUT2D eigenvalue weighted by atomic mass is 10.3. The van der Waals surface area contributed by atoms with Gasteiger partial charge in [0, 0.05) is 31.2 Å². The first-order valence-corrected chi connectivity index (χ1v) is 10.2. The molecule has 1 saturated heterocycles. The van der Waals surface area contributed by atoms with Gasteiger partial charge in [0.05, 0.1) is 4.90 Å². The smallest absolute Gasteiger partial charge is 0.260 e. The third-order valence-corrected chi connectivity index (χ3v) is 6.44. The molecule has 0 atom stereocenters. The van der Waals surface area contributed by atoms with E-state index in [0.29, 0.717) is 16.8 Å². The van der Waals surface area contributed by atoms with Crippen LogP contribution >= 0.6 is 11.6 Å². The van der Waals surface area contributed by atoms with Crippen LogP contribution in [0.5, 0.6) is 5.75 Å². The molecule has 6 nitrogen and oxygen atoms in total. The van der Waals surface area contributed by atoms with E-state index >= 15 is 0 Å². The zero-order valence-corrected chi connectivity index (χ0v) is 16.2. The van der Waals surface area contributed by atoms with E-state index in [1.165, 1.54) is 4.90 Å². The molecular weight excluding hydrogens is 414 g/mol. The molecule has 1 heterocycles. The first-order chi connectivity index (χ1) is 13.3. The maximum Gasteiger partial charge on any atom is 0.260 e. The molecule has 0 unspecified atom stereocenters. The number of ether oxygens (including phenoxy) is 1. The molecule has 10 heteroatoms. The molecule has 3 rings (SSSR count). The molecule has 0 saturated carbocycles. The summed E-state index contributed by atoms with van der Waals surface area (Å²) in [6.07, 6.45) is 0. The largest absolute Gasteiger partial charge is 0.484 e. The summed E-state index contributed by atoms with van der Waals surface area (Å²) in [5.41, 5.74) is 0. The molecule has 1 aliphatic rings. The molecular formula is C18H17ClF2N2O4S. The monoisotopic (exact) mass is 430 g/mol. The summed E-state index contributed by atoms with van der Waals surface area (Å²) in [7, 11) is -3.96. The Hall–Kier alpha value is -2.23. The SMILES string of the molecule is O=C(COc1ccc(Cl)cc1)N1CCN(S(=O)(=O)c2ccc(F)c(F)c2)CC1. The Morgan fingerprint density at radius 2 is 1.64 bits per heavy atom. The van der Waals surface area contributed by atoms with Gasteiger partial charge in [0.2, 0.25) is 10.0 Å². The minimum atomic E-state index is -3.96. The normalized spacial score (nSPS) is 15.5. The average molecular weight is 431 g/mol. The van der Waals surface area contributed by atoms with Gasteiger partial charge in [-0.25, -0.2) is 17.2 Å². The molecule has 0 aliphatic carbocycles. The minimum Gasteiger partial charge on any atom is -0.484 e. The maximum atomic E-state index is 13.4. The van der Waals surface area contributed by atoms with Gasteiger partial charge in [0.15, 0.2) is 18.2 Å². The number of hydrogen-bond acceptors (Lipinski definition) is 4. The lowest BCUT2D eigenvalue weighted by molar-refractivity contribution is -0.134. The molecule has 1 aliphatic heterocycles. The first kappa shape index (κ1) is 20.5. The Kier molecular flexibility index (Phi) is 6.17. The topological polar surface area (TPSA) is 66.9 Å². The summed E-state index contributed by atoms with van der Waals surface area (Å²) in [6.45, 7) is 0.261. The molecule has 2 aromatic rings. The fourth-order valence-electron chi connectivity index (χ4n) is 2.73. The highest BCUT2D eigenvalue weighted by Crippen LogP contribution is 2.20. The molecule has 2 aromatic carbocycles. The van der Waals surface area contributed by atoms with Crippen molar-refractivity contribution in [2.45, 2.75) is 4.90 Å². The lowest BCUT2D eigenvalue weighted by Crippen LogP contribution is -2.51. The molecule has 0 radical (unpaired) electrons. The van der Waals surface area contributed by atoms with Crippen molar-refractivity contribution in [3.8, 4) is 5.75 Å². The minimum absolute atomic E-state index is 0.0496. The molecule has 150 valence electrons. The van der Waals surface area contributed by atoms with Crippen molar-refractivity contribution in [1.29, 1.82) is 0 Å². The van der Waals surface area contributed by atoms with Crippen LogP contribution in [0.3, 0.4) is 0 Å². The van der Waals surface area contributed by atoms with Gasteiger partial charge in [-0.1, -0.05) is 11.6 Å². The standard InChI is InChI=1S/C18H17ClF2N2O4S/c19-13-1-3-14(4-2-13)27-12-18(24)22-7-9-23(10-8-22)28(25,26)15-5-6-16(20)17(21)11-15/h1-6,11H,7-10,12H2. The fourth-order valence-corrected chi connectivity index (χ4v) is 4.29. The van der Waals surface area contributed by atoms with Crippen LogP contribution in [0.15, 0.2) is 47.4 Å². The Balaban J connectivity index is 1.56. The molecule has 0 aromatic heterocycles. The van der Waals surface area contributed by atoms with Crippen molar-refractivity contribution < 1.29 is 26.7 Å². The van der Waals surface area contributed by atoms with Crippen LogP contribution in [0.25, 0.3) is 0 Å². The van der Waals surface area contributed by atoms with E-state index in [2.05, 4.69) is 0 Å². The summed E-state index contributed by atoms with van der Waals surface area (Å²) < 4.78 is 58.1. The van der Waals surface area contributed by atoms with E-state index in [1.54, 1.807) is 24.3 Å². The third-order valence-electron chi connectivity index (χ3n) is 4.30. The Bertz CT molecular complexity index is 962. The van der Waals surface area contributed by atoms with Gasteiger partial charge in [0.1, 0.15) is 5.75 Å². The van der Waals surface area contributed by atoms with Gasteiger partial charge in [-0.2, -0.15) is 4.31 Å². The van der Waals surface area contributed by atoms with E-state index in [-0.39, 0.29) is 43.6 Å². The van der Waals surface area contributed by atoms with Crippen molar-refractivity contribution in [1.82, 2.24) is 9.21 Å². The summed E-state index contributed by atoms with van der Waals surface area (Å²) in [4.78, 5) is 13.4. The highest BCUT2D eigenvalue weighted by atomic mass is 35.5. The van der Waals surface area contributed by atoms with Crippen LogP contribution < -0.4 is 4.74 Å². The molecule has 28 heavy (non-hydrogen) atoms. The van der Waals surface area contributed by atoms with Crippen molar-refractivity contribution >= 4 is 27.5 Å². The Morgan fingerprint density at radius 1 is 1.00 bits per heavy atom. The number of piperazine rings is 1. The molecule has 0 spiro atoms. The zero-order chi connectivity index (χ0) is 20.3. The fraction of sp³-hybridized carbons (Fsp3) is 0.278. The van der Waals surface area contributed by atoms with Gasteiger partial charge in [-0.05, 0) is 42.5 Å². The average Bonchev–Trinajstić information content (AvgIpc) is 2.69. The van der Waals surface area contributed by atoms with Crippen LogP contribution in [0.2, 0.25) is 5.02 Å². The van der Waals surface area contributed by atoms with Crippen molar-refractivity contribution in [2.24, 2.45) is 0 Å². The third kappa shape index (κ3) is 4.60. The van der Waals surface area contributed by atoms with Gasteiger partial charge in [0.25, 0.3) is 5.91 Å². The molecule has 0 bridgehead atoms. The predicted octanol–water partition coefficient (Wildman–Crippen LogP) is 2.53. The second kappa shape index (κ2) is 8.42. The Labute approximate surface area is 166 Å². The highest BCUT2D eigenvalue weighted by Gasteiger charge is 2.30. The van der Waals surface area contributed by atoms with Crippen LogP contribution in [0, 0.1) is 11.6 Å². The second-order valence-electron chi connectivity index (χ2n) is 6.10. The highest BCUT2D eigenvalue weighted by molar-refractivity contribution is 7.89. The van der Waals surface area contributed by atoms with E-state index < -0.39 is 21.7 Å². The quantitative estimate of drug-likeness (QED) is 0.731. The van der Waals surface area contributed by atoms with E-state index in [4.69, 9.17) is 16.3 Å². The van der Waals surface area contributed by atoms with Crippen LogP contribution in [-0.4, -0.2) is 56.3 Å². The number of halogens is 3. The second-order valence-corrected chi connectivity index (χ2v) is 8.48. The van der Waals surface area contributed by atoms with Gasteiger partial charge in [-0.3, -0.25) is 4.79 Å². The summed E-state index contributed by atoms with van der Waals surface area (Å²) in [6, 6.07) is 9.01. The van der Waals surface area contributed by atoms with E-state index in [9.17, 15) is 22.0 Å². The Morgan fingerprint density at radius 3 is 2.25 bits per heavy atom. The van der Waals surface area contributed by atoms with Crippen molar-refractivity contribution in [3.63, 3.8) is 0 Å². The zero-order valence-electron chi connectivity index (χ0n) is 14.6. The van der Waals surface area contributed by atoms with Crippen molar-refractivity contribution in [2.75, 3.05) is 32.8 Å². The molecule has 1 fully saturated rings. The summed E-state index contributed by atoms with van der Waals surface area (Å²) in [5, 5.41) is 0.553. The maximum absolute atomic E-state index is 13.4. The number of rotatable bonds is 5. The molecule has 1 amide bonds. The number of carbonyl (C=O) groups is 1. The van der Waals surface area contributed by atoms with E-state index in [0.717, 1.165) is 16.4 Å². The van der Waals surface area contributed by atoms with Crippen LogP contribution in [0.4, 0.5) is 8.78 Å².